The number of fused-ring (bicyclic) bond motifs is 2. The van der Waals surface area contributed by atoms with Crippen LogP contribution in [0, 0.1) is 0 Å². The van der Waals surface area contributed by atoms with Crippen molar-refractivity contribution in [3.05, 3.63) is 108 Å². The first-order valence-electron chi connectivity index (χ1n) is 10.5. The van der Waals surface area contributed by atoms with Crippen molar-refractivity contribution in [3.63, 3.8) is 0 Å². The molecule has 0 saturated heterocycles. The molecular formula is C28H22O8. The van der Waals surface area contributed by atoms with Gasteiger partial charge in [-0.25, -0.2) is 9.59 Å². The van der Waals surface area contributed by atoms with E-state index >= 15 is 0 Å². The maximum absolute atomic E-state index is 10.3. The minimum Gasteiger partial charge on any atom is -0.507 e. The first-order valence-corrected chi connectivity index (χ1v) is 10.5. The molecule has 8 nitrogen and oxygen atoms in total. The van der Waals surface area contributed by atoms with Crippen molar-refractivity contribution in [1.29, 1.82) is 0 Å². The van der Waals surface area contributed by atoms with Crippen LogP contribution in [-0.4, -0.2) is 42.6 Å². The molecule has 6 N–H and O–H groups in total. The van der Waals surface area contributed by atoms with Crippen LogP contribution in [0.4, 0.5) is 0 Å². The van der Waals surface area contributed by atoms with E-state index in [1.807, 2.05) is 0 Å². The number of carbonyl (C=O) groups is 2. The van der Waals surface area contributed by atoms with Crippen molar-refractivity contribution in [1.82, 2.24) is 0 Å². The number of aromatic carboxylic acids is 2. The summed E-state index contributed by atoms with van der Waals surface area (Å²) >= 11 is 0. The molecule has 0 fully saturated rings. The average Bonchev–Trinajstić information content (AvgIpc) is 2.86. The standard InChI is InChI=1S/2C10H8O2.C8H6O4/c2*11-9-5-1-3-7-8(9)4-2-6-10(7)12;9-7(10)5-1-2-6(4-3-5)8(11)12/h2*1-6,11-12H;1-4H,(H,9,10)(H,11,12). The maximum atomic E-state index is 10.3. The van der Waals surface area contributed by atoms with Crippen molar-refractivity contribution in [2.45, 2.75) is 0 Å². The van der Waals surface area contributed by atoms with Crippen molar-refractivity contribution in [3.8, 4) is 23.0 Å². The number of aromatic hydroxyl groups is 4. The molecule has 0 unspecified atom stereocenters. The van der Waals surface area contributed by atoms with Crippen LogP contribution in [-0.2, 0) is 0 Å². The number of benzene rings is 5. The van der Waals surface area contributed by atoms with Crippen LogP contribution in [0.25, 0.3) is 21.5 Å². The number of carboxylic acids is 2. The Morgan fingerprint density at radius 1 is 0.389 bits per heavy atom. The highest BCUT2D eigenvalue weighted by Crippen LogP contribution is 2.30. The number of rotatable bonds is 2. The molecule has 0 amide bonds. The highest BCUT2D eigenvalue weighted by molar-refractivity contribution is 5.93. The summed E-state index contributed by atoms with van der Waals surface area (Å²) in [5, 5.41) is 57.2. The first-order chi connectivity index (χ1) is 17.2. The number of carboxylic acid groups (broad SMARTS) is 2. The second-order valence-electron chi connectivity index (χ2n) is 7.49. The normalized spacial score (nSPS) is 10.0. The predicted octanol–water partition coefficient (Wildman–Crippen LogP) is 5.59. The van der Waals surface area contributed by atoms with E-state index in [4.69, 9.17) is 10.2 Å². The van der Waals surface area contributed by atoms with Gasteiger partial charge < -0.3 is 30.6 Å². The van der Waals surface area contributed by atoms with Gasteiger partial charge in [-0.2, -0.15) is 0 Å². The quantitative estimate of drug-likeness (QED) is 0.189. The van der Waals surface area contributed by atoms with E-state index < -0.39 is 11.9 Å². The Morgan fingerprint density at radius 2 is 0.611 bits per heavy atom. The maximum Gasteiger partial charge on any atom is 0.335 e. The second kappa shape index (κ2) is 11.3. The predicted molar refractivity (Wildman–Crippen MR) is 135 cm³/mol. The van der Waals surface area contributed by atoms with Gasteiger partial charge in [0.25, 0.3) is 0 Å². The Morgan fingerprint density at radius 3 is 0.806 bits per heavy atom. The summed E-state index contributed by atoms with van der Waals surface area (Å²) in [5.41, 5.74) is 0.167. The Labute approximate surface area is 205 Å². The lowest BCUT2D eigenvalue weighted by Gasteiger charge is -2.01. The van der Waals surface area contributed by atoms with Gasteiger partial charge in [-0.05, 0) is 48.5 Å². The number of hydrogen-bond acceptors (Lipinski definition) is 6. The summed E-state index contributed by atoms with van der Waals surface area (Å²) in [7, 11) is 0. The van der Waals surface area contributed by atoms with Gasteiger partial charge in [0.05, 0.1) is 11.1 Å². The highest BCUT2D eigenvalue weighted by atomic mass is 16.4. The molecule has 36 heavy (non-hydrogen) atoms. The highest BCUT2D eigenvalue weighted by Gasteiger charge is 2.05. The van der Waals surface area contributed by atoms with Crippen molar-refractivity contribution < 1.29 is 40.2 Å². The molecule has 0 aliphatic heterocycles. The van der Waals surface area contributed by atoms with Crippen LogP contribution in [0.15, 0.2) is 97.1 Å². The Balaban J connectivity index is 0.000000150. The Hall–Kier alpha value is -5.24. The summed E-state index contributed by atoms with van der Waals surface area (Å²) < 4.78 is 0. The third kappa shape index (κ3) is 6.00. The largest absolute Gasteiger partial charge is 0.507 e. The topological polar surface area (TPSA) is 156 Å². The third-order valence-corrected chi connectivity index (χ3v) is 5.13. The van der Waals surface area contributed by atoms with E-state index in [-0.39, 0.29) is 34.1 Å². The van der Waals surface area contributed by atoms with Gasteiger partial charge in [0.2, 0.25) is 0 Å². The summed E-state index contributed by atoms with van der Waals surface area (Å²) in [6.45, 7) is 0. The van der Waals surface area contributed by atoms with E-state index in [0.29, 0.717) is 21.5 Å². The monoisotopic (exact) mass is 486 g/mol. The number of hydrogen-bond donors (Lipinski definition) is 6. The van der Waals surface area contributed by atoms with Gasteiger partial charge in [-0.3, -0.25) is 0 Å². The van der Waals surface area contributed by atoms with Crippen molar-refractivity contribution in [2.24, 2.45) is 0 Å². The van der Waals surface area contributed by atoms with Crippen LogP contribution in [0.3, 0.4) is 0 Å². The van der Waals surface area contributed by atoms with Gasteiger partial charge in [0.15, 0.2) is 0 Å². The summed E-state index contributed by atoms with van der Waals surface area (Å²) in [6.07, 6.45) is 0. The fourth-order valence-corrected chi connectivity index (χ4v) is 3.31. The molecule has 182 valence electrons. The molecule has 0 radical (unpaired) electrons. The van der Waals surface area contributed by atoms with E-state index in [9.17, 15) is 30.0 Å². The SMILES string of the molecule is O=C(O)c1ccc(C(=O)O)cc1.Oc1cccc2c(O)cccc12.Oc1cccc2c(O)cccc12. The lowest BCUT2D eigenvalue weighted by atomic mass is 10.1. The first kappa shape index (κ1) is 25.4. The summed E-state index contributed by atoms with van der Waals surface area (Å²) in [5.74, 6) is -1.34. The molecule has 5 rings (SSSR count). The zero-order valence-corrected chi connectivity index (χ0v) is 18.7. The van der Waals surface area contributed by atoms with Crippen LogP contribution < -0.4 is 0 Å². The lowest BCUT2D eigenvalue weighted by Crippen LogP contribution is -1.99. The molecule has 0 atom stereocenters. The summed E-state index contributed by atoms with van der Waals surface area (Å²) in [4.78, 5) is 20.7. The van der Waals surface area contributed by atoms with Crippen molar-refractivity contribution in [2.75, 3.05) is 0 Å². The molecule has 0 bridgehead atoms. The molecule has 0 heterocycles. The van der Waals surface area contributed by atoms with Crippen LogP contribution in [0.2, 0.25) is 0 Å². The van der Waals surface area contributed by atoms with Crippen LogP contribution in [0.1, 0.15) is 20.7 Å². The van der Waals surface area contributed by atoms with E-state index in [1.165, 1.54) is 24.3 Å². The summed E-state index contributed by atoms with van der Waals surface area (Å²) in [6, 6.07) is 25.3. The zero-order chi connectivity index (χ0) is 26.2. The van der Waals surface area contributed by atoms with Gasteiger partial charge in [-0.15, -0.1) is 0 Å². The average molecular weight is 486 g/mol. The van der Waals surface area contributed by atoms with Crippen LogP contribution in [0.5, 0.6) is 23.0 Å². The van der Waals surface area contributed by atoms with E-state index in [0.717, 1.165) is 0 Å². The van der Waals surface area contributed by atoms with E-state index in [1.54, 1.807) is 72.8 Å². The molecule has 0 aromatic heterocycles. The molecule has 0 aliphatic carbocycles. The fourth-order valence-electron chi connectivity index (χ4n) is 3.31. The Bertz CT molecular complexity index is 1330. The zero-order valence-electron chi connectivity index (χ0n) is 18.7. The number of phenols is 4. The third-order valence-electron chi connectivity index (χ3n) is 5.13. The van der Waals surface area contributed by atoms with E-state index in [2.05, 4.69) is 0 Å². The molecule has 5 aromatic rings. The molecule has 0 aliphatic rings. The molecular weight excluding hydrogens is 464 g/mol. The second-order valence-corrected chi connectivity index (χ2v) is 7.49. The lowest BCUT2D eigenvalue weighted by molar-refractivity contribution is 0.0681. The minimum absolute atomic E-state index is 0.0833. The number of phenolic OH excluding ortho intramolecular Hbond substituents is 4. The van der Waals surface area contributed by atoms with Gasteiger partial charge in [0, 0.05) is 21.5 Å². The smallest absolute Gasteiger partial charge is 0.335 e. The van der Waals surface area contributed by atoms with Crippen molar-refractivity contribution >= 4 is 33.5 Å². The van der Waals surface area contributed by atoms with Crippen LogP contribution >= 0.6 is 0 Å². The Kier molecular flexibility index (Phi) is 7.94. The van der Waals surface area contributed by atoms with Gasteiger partial charge in [0.1, 0.15) is 23.0 Å². The molecule has 0 spiro atoms. The molecule has 5 aromatic carbocycles. The fraction of sp³-hybridized carbons (Fsp3) is 0. The molecule has 0 saturated carbocycles. The molecule has 8 heteroatoms. The van der Waals surface area contributed by atoms with Gasteiger partial charge in [-0.1, -0.05) is 48.5 Å². The minimum atomic E-state index is -1.06. The van der Waals surface area contributed by atoms with Gasteiger partial charge >= 0.3 is 11.9 Å².